The van der Waals surface area contributed by atoms with E-state index in [2.05, 4.69) is 17.4 Å². The van der Waals surface area contributed by atoms with Crippen LogP contribution in [0.15, 0.2) is 60.7 Å². The van der Waals surface area contributed by atoms with Gasteiger partial charge in [0.1, 0.15) is 0 Å². The lowest BCUT2D eigenvalue weighted by Gasteiger charge is -2.32. The van der Waals surface area contributed by atoms with Crippen LogP contribution in [0.5, 0.6) is 0 Å². The van der Waals surface area contributed by atoms with E-state index in [0.29, 0.717) is 19.6 Å². The van der Waals surface area contributed by atoms with Crippen molar-refractivity contribution in [2.75, 3.05) is 38.5 Å². The number of hydrogen-bond acceptors (Lipinski definition) is 4. The predicted molar refractivity (Wildman–Crippen MR) is 122 cm³/mol. The molecule has 1 amide bonds. The van der Waals surface area contributed by atoms with Gasteiger partial charge in [-0.25, -0.2) is 8.42 Å². The number of carbonyl (C=O) groups is 1. The average molecular weight is 442 g/mol. The summed E-state index contributed by atoms with van der Waals surface area (Å²) in [6.07, 6.45) is 2.43. The molecule has 4 rings (SSSR count). The minimum Gasteiger partial charge on any atom is -0.337 e. The summed E-state index contributed by atoms with van der Waals surface area (Å²) < 4.78 is 27.2. The molecule has 31 heavy (non-hydrogen) atoms. The molecule has 0 unspecified atom stereocenters. The van der Waals surface area contributed by atoms with Crippen molar-refractivity contribution in [3.63, 3.8) is 0 Å². The number of nitrogens with one attached hydrogen (secondary N) is 1. The number of amides is 1. The molecule has 1 spiro atoms. The van der Waals surface area contributed by atoms with Gasteiger partial charge in [0.2, 0.25) is 15.9 Å². The third-order valence-corrected chi connectivity index (χ3v) is 8.47. The maximum atomic E-state index is 13.3. The van der Waals surface area contributed by atoms with Crippen LogP contribution < -0.4 is 5.32 Å². The molecule has 0 atom stereocenters. The third kappa shape index (κ3) is 5.53. The van der Waals surface area contributed by atoms with Gasteiger partial charge >= 0.3 is 0 Å². The molecule has 1 N–H and O–H groups in total. The molecule has 2 aromatic carbocycles. The Morgan fingerprint density at radius 1 is 0.968 bits per heavy atom. The Kier molecular flexibility index (Phi) is 6.74. The van der Waals surface area contributed by atoms with Gasteiger partial charge in [0.05, 0.1) is 12.3 Å². The highest BCUT2D eigenvalue weighted by atomic mass is 32.2. The van der Waals surface area contributed by atoms with E-state index in [4.69, 9.17) is 0 Å². The fourth-order valence-corrected chi connectivity index (χ4v) is 6.78. The molecule has 2 aliphatic rings. The number of piperidine rings is 1. The molecule has 0 bridgehead atoms. The molecule has 2 heterocycles. The van der Waals surface area contributed by atoms with Crippen molar-refractivity contribution in [3.05, 3.63) is 71.8 Å². The highest BCUT2D eigenvalue weighted by molar-refractivity contribution is 7.89. The van der Waals surface area contributed by atoms with Crippen molar-refractivity contribution < 1.29 is 13.2 Å². The molecule has 0 aliphatic carbocycles. The van der Waals surface area contributed by atoms with Crippen LogP contribution in [0.4, 0.5) is 0 Å². The van der Waals surface area contributed by atoms with E-state index >= 15 is 0 Å². The molecule has 0 radical (unpaired) electrons. The first-order valence-corrected chi connectivity index (χ1v) is 12.6. The largest absolute Gasteiger partial charge is 0.337 e. The topological polar surface area (TPSA) is 69.7 Å². The minimum atomic E-state index is -3.41. The molecule has 0 aromatic heterocycles. The summed E-state index contributed by atoms with van der Waals surface area (Å²) in [6.45, 7) is 3.11. The molecule has 2 fully saturated rings. The summed E-state index contributed by atoms with van der Waals surface area (Å²) in [7, 11) is -3.41. The number of nitrogens with zero attached hydrogens (tertiary/aromatic N) is 2. The van der Waals surface area contributed by atoms with E-state index in [1.165, 1.54) is 4.31 Å². The number of carbonyl (C=O) groups excluding carboxylic acids is 1. The van der Waals surface area contributed by atoms with Crippen molar-refractivity contribution in [1.82, 2.24) is 14.5 Å². The van der Waals surface area contributed by atoms with Gasteiger partial charge in [-0.15, -0.1) is 0 Å². The van der Waals surface area contributed by atoms with Gasteiger partial charge in [0, 0.05) is 25.0 Å². The lowest BCUT2D eigenvalue weighted by molar-refractivity contribution is -0.132. The van der Waals surface area contributed by atoms with Gasteiger partial charge in [0.25, 0.3) is 0 Å². The highest BCUT2D eigenvalue weighted by Crippen LogP contribution is 2.38. The van der Waals surface area contributed by atoms with Crippen molar-refractivity contribution in [3.8, 4) is 0 Å². The fraction of sp³-hybridized carbons (Fsp3) is 0.458. The van der Waals surface area contributed by atoms with Gasteiger partial charge in [-0.3, -0.25) is 4.79 Å². The monoisotopic (exact) mass is 441 g/mol. The fourth-order valence-electron chi connectivity index (χ4n) is 4.67. The zero-order chi connectivity index (χ0) is 21.7. The number of benzene rings is 2. The minimum absolute atomic E-state index is 0.0703. The summed E-state index contributed by atoms with van der Waals surface area (Å²) in [6, 6.07) is 19.9. The number of sulfonamides is 1. The molecule has 2 aliphatic heterocycles. The zero-order valence-electron chi connectivity index (χ0n) is 17.9. The maximum Gasteiger partial charge on any atom is 0.238 e. The lowest BCUT2D eigenvalue weighted by atomic mass is 9.81. The number of rotatable bonds is 7. The van der Waals surface area contributed by atoms with Crippen molar-refractivity contribution in [2.45, 2.75) is 25.8 Å². The third-order valence-electron chi connectivity index (χ3n) is 6.45. The van der Waals surface area contributed by atoms with Crippen molar-refractivity contribution in [2.24, 2.45) is 5.41 Å². The molecular weight excluding hydrogens is 410 g/mol. The molecule has 166 valence electrons. The summed E-state index contributed by atoms with van der Waals surface area (Å²) in [5, 5.41) is 3.31. The molecule has 2 aromatic rings. The lowest BCUT2D eigenvalue weighted by Crippen LogP contribution is -2.43. The Bertz CT molecular complexity index is 974. The number of hydrogen-bond donors (Lipinski definition) is 1. The van der Waals surface area contributed by atoms with Crippen LogP contribution in [0, 0.1) is 5.41 Å². The van der Waals surface area contributed by atoms with Gasteiger partial charge < -0.3 is 10.2 Å². The maximum absolute atomic E-state index is 13.3. The quantitative estimate of drug-likeness (QED) is 0.716. The van der Waals surface area contributed by atoms with E-state index in [-0.39, 0.29) is 23.6 Å². The van der Waals surface area contributed by atoms with Crippen LogP contribution in [0.25, 0.3) is 0 Å². The predicted octanol–water partition coefficient (Wildman–Crippen LogP) is 2.27. The summed E-state index contributed by atoms with van der Waals surface area (Å²) in [5.74, 6) is 0.0341. The Labute approximate surface area is 185 Å². The standard InChI is InChI=1S/C24H31N3O3S/c28-23(18-27-19-24(20-31(27,29)30)12-14-25-15-13-24)26(17-22-9-5-2-6-10-22)16-11-21-7-3-1-4-8-21/h1-10,25H,11-20H2. The molecule has 0 saturated carbocycles. The van der Waals surface area contributed by atoms with Crippen LogP contribution in [-0.4, -0.2) is 62.0 Å². The second-order valence-corrected chi connectivity index (χ2v) is 10.8. The second-order valence-electron chi connectivity index (χ2n) is 8.81. The van der Waals surface area contributed by atoms with Crippen LogP contribution in [0.2, 0.25) is 0 Å². The Morgan fingerprint density at radius 3 is 2.23 bits per heavy atom. The van der Waals surface area contributed by atoms with Crippen molar-refractivity contribution in [1.29, 1.82) is 0 Å². The summed E-state index contributed by atoms with van der Waals surface area (Å²) >= 11 is 0. The van der Waals surface area contributed by atoms with Gasteiger partial charge in [0.15, 0.2) is 0 Å². The first-order valence-electron chi connectivity index (χ1n) is 11.0. The van der Waals surface area contributed by atoms with E-state index in [1.54, 1.807) is 4.90 Å². The molecule has 7 heteroatoms. The SMILES string of the molecule is O=C(CN1CC2(CCNCC2)CS1(=O)=O)N(CCc1ccccc1)Cc1ccccc1. The van der Waals surface area contributed by atoms with Crippen LogP contribution in [-0.2, 0) is 27.8 Å². The van der Waals surface area contributed by atoms with E-state index in [0.717, 1.165) is 43.5 Å². The zero-order valence-corrected chi connectivity index (χ0v) is 18.7. The van der Waals surface area contributed by atoms with Crippen LogP contribution in [0.3, 0.4) is 0 Å². The first-order chi connectivity index (χ1) is 15.0. The second kappa shape index (κ2) is 9.51. The van der Waals surface area contributed by atoms with E-state index < -0.39 is 10.0 Å². The average Bonchev–Trinajstić information content (AvgIpc) is 3.01. The smallest absolute Gasteiger partial charge is 0.238 e. The van der Waals surface area contributed by atoms with E-state index in [1.807, 2.05) is 48.5 Å². The van der Waals surface area contributed by atoms with Crippen LogP contribution >= 0.6 is 0 Å². The normalized spacial score (nSPS) is 20.0. The molecule has 2 saturated heterocycles. The summed E-state index contributed by atoms with van der Waals surface area (Å²) in [4.78, 5) is 15.1. The first kappa shape index (κ1) is 22.0. The molecule has 6 nitrogen and oxygen atoms in total. The van der Waals surface area contributed by atoms with Gasteiger partial charge in [-0.2, -0.15) is 4.31 Å². The van der Waals surface area contributed by atoms with Gasteiger partial charge in [-0.1, -0.05) is 60.7 Å². The Balaban J connectivity index is 1.46. The Hall–Kier alpha value is -2.22. The van der Waals surface area contributed by atoms with Crippen LogP contribution in [0.1, 0.15) is 24.0 Å². The van der Waals surface area contributed by atoms with E-state index in [9.17, 15) is 13.2 Å². The highest BCUT2D eigenvalue weighted by Gasteiger charge is 2.48. The Morgan fingerprint density at radius 2 is 1.58 bits per heavy atom. The summed E-state index contributed by atoms with van der Waals surface area (Å²) in [5.41, 5.74) is 2.00. The molecular formula is C24H31N3O3S. The van der Waals surface area contributed by atoms with Gasteiger partial charge in [-0.05, 0) is 43.5 Å². The van der Waals surface area contributed by atoms with Crippen molar-refractivity contribution >= 4 is 15.9 Å².